The van der Waals surface area contributed by atoms with Crippen molar-refractivity contribution in [1.29, 1.82) is 0 Å². The number of anilines is 1. The van der Waals surface area contributed by atoms with Crippen molar-refractivity contribution < 1.29 is 42.0 Å². The Morgan fingerprint density at radius 2 is 1.56 bits per heavy atom. The number of fused-ring (bicyclic) bond motifs is 2. The summed E-state index contributed by atoms with van der Waals surface area (Å²) in [7, 11) is 8.35. The number of nitrogen functional groups attached to an aromatic ring is 1. The third-order valence-corrected chi connectivity index (χ3v) is 5.43. The number of methoxy groups -OCH3 is 4. The lowest BCUT2D eigenvalue weighted by atomic mass is 9.95. The highest BCUT2D eigenvalue weighted by Gasteiger charge is 2.38. The quantitative estimate of drug-likeness (QED) is 0.401. The van der Waals surface area contributed by atoms with Crippen LogP contribution in [-0.2, 0) is 11.8 Å². The fraction of sp³-hybridized carbons (Fsp3) is 0.250. The summed E-state index contributed by atoms with van der Waals surface area (Å²) in [5, 5.41) is 8.93. The molecular formula is C24H24F3N3O6. The Balaban J connectivity index is 0.000000454. The van der Waals surface area contributed by atoms with Crippen molar-refractivity contribution in [2.75, 3.05) is 34.2 Å². The van der Waals surface area contributed by atoms with Crippen LogP contribution in [0.1, 0.15) is 0 Å². The third kappa shape index (κ3) is 4.74. The van der Waals surface area contributed by atoms with E-state index in [0.717, 1.165) is 38.7 Å². The number of carboxylic acid groups (broad SMARTS) is 1. The summed E-state index contributed by atoms with van der Waals surface area (Å²) in [5.41, 5.74) is 9.71. The van der Waals surface area contributed by atoms with Crippen LogP contribution < -0.4 is 24.7 Å². The van der Waals surface area contributed by atoms with Gasteiger partial charge in [-0.25, -0.2) is 9.78 Å². The largest absolute Gasteiger partial charge is 0.497 e. The Labute approximate surface area is 203 Å². The molecule has 0 saturated heterocycles. The van der Waals surface area contributed by atoms with Crippen molar-refractivity contribution in [2.45, 2.75) is 6.18 Å². The number of alkyl halides is 3. The predicted molar refractivity (Wildman–Crippen MR) is 128 cm³/mol. The number of aryl methyl sites for hydroxylation is 1. The van der Waals surface area contributed by atoms with Crippen molar-refractivity contribution >= 4 is 33.7 Å². The molecule has 0 aliphatic carbocycles. The Morgan fingerprint density at radius 3 is 2.03 bits per heavy atom. The summed E-state index contributed by atoms with van der Waals surface area (Å²) in [6.45, 7) is 0. The molecule has 4 aromatic rings. The average Bonchev–Trinajstić information content (AvgIpc) is 3.14. The molecule has 0 spiro atoms. The second-order valence-corrected chi connectivity index (χ2v) is 7.42. The fourth-order valence-electron chi connectivity index (χ4n) is 3.73. The van der Waals surface area contributed by atoms with Crippen LogP contribution in [0.2, 0.25) is 0 Å². The topological polar surface area (TPSA) is 118 Å². The molecule has 1 heterocycles. The zero-order valence-corrected chi connectivity index (χ0v) is 20.1. The summed E-state index contributed by atoms with van der Waals surface area (Å²) in [5.74, 6) is 0.152. The van der Waals surface area contributed by atoms with Crippen LogP contribution in [0.5, 0.6) is 23.0 Å². The zero-order chi connectivity index (χ0) is 26.8. The van der Waals surface area contributed by atoms with Crippen LogP contribution in [0, 0.1) is 0 Å². The van der Waals surface area contributed by atoms with Gasteiger partial charge in [-0.1, -0.05) is 12.1 Å². The normalized spacial score (nSPS) is 11.1. The molecule has 0 aliphatic rings. The molecule has 0 aliphatic heterocycles. The molecule has 3 N–H and O–H groups in total. The van der Waals surface area contributed by atoms with Crippen LogP contribution in [0.4, 0.5) is 19.1 Å². The predicted octanol–water partition coefficient (Wildman–Crippen LogP) is 4.64. The van der Waals surface area contributed by atoms with Crippen molar-refractivity contribution in [3.8, 4) is 34.1 Å². The number of hydrogen-bond acceptors (Lipinski definition) is 7. The van der Waals surface area contributed by atoms with Crippen LogP contribution in [0.3, 0.4) is 0 Å². The molecule has 1 aromatic heterocycles. The van der Waals surface area contributed by atoms with Gasteiger partial charge in [0.05, 0.1) is 39.5 Å². The molecule has 9 nitrogen and oxygen atoms in total. The summed E-state index contributed by atoms with van der Waals surface area (Å²) >= 11 is 0. The number of imidazole rings is 1. The highest BCUT2D eigenvalue weighted by Crippen LogP contribution is 2.49. The smallest absolute Gasteiger partial charge is 0.490 e. The maximum absolute atomic E-state index is 10.6. The number of nitrogens with zero attached hydrogens (tertiary/aromatic N) is 2. The van der Waals surface area contributed by atoms with E-state index in [9.17, 15) is 13.2 Å². The maximum atomic E-state index is 10.6. The molecule has 192 valence electrons. The first-order valence-electron chi connectivity index (χ1n) is 10.3. The maximum Gasteiger partial charge on any atom is 0.490 e. The van der Waals surface area contributed by atoms with Crippen molar-refractivity contribution in [3.05, 3.63) is 36.4 Å². The molecule has 4 rings (SSSR count). The molecule has 0 bridgehead atoms. The van der Waals surface area contributed by atoms with Crippen LogP contribution in [0.25, 0.3) is 32.9 Å². The van der Waals surface area contributed by atoms with Gasteiger partial charge in [0, 0.05) is 18.0 Å². The van der Waals surface area contributed by atoms with Crippen LogP contribution in [0.15, 0.2) is 36.4 Å². The van der Waals surface area contributed by atoms with Gasteiger partial charge in [-0.3, -0.25) is 0 Å². The number of benzene rings is 3. The highest BCUT2D eigenvalue weighted by molar-refractivity contribution is 6.14. The van der Waals surface area contributed by atoms with E-state index in [4.69, 9.17) is 34.6 Å². The first-order valence-corrected chi connectivity index (χ1v) is 10.3. The summed E-state index contributed by atoms with van der Waals surface area (Å²) in [6, 6.07) is 11.8. The molecule has 0 fully saturated rings. The van der Waals surface area contributed by atoms with E-state index in [2.05, 4.69) is 4.98 Å². The standard InChI is InChI=1S/C22H23N3O4.C2HF3O2/c1-25-15-10-13-11-16(27-3)20(28-4)21(29-5)18(13)17(19(15)24-22(25)23)12-6-8-14(26-2)9-7-12;3-2(4,5)1(6)7/h6-11H,1-5H3,(H2,23,24);(H,6,7). The van der Waals surface area contributed by atoms with E-state index in [1.807, 2.05) is 48.0 Å². The van der Waals surface area contributed by atoms with Gasteiger partial charge in [0.15, 0.2) is 11.5 Å². The molecule has 0 radical (unpaired) electrons. The number of aliphatic carboxylic acids is 1. The number of carbonyl (C=O) groups is 1. The van der Waals surface area contributed by atoms with E-state index in [-0.39, 0.29) is 0 Å². The second-order valence-electron chi connectivity index (χ2n) is 7.42. The van der Waals surface area contributed by atoms with E-state index < -0.39 is 12.1 Å². The van der Waals surface area contributed by atoms with Gasteiger partial charge in [-0.15, -0.1) is 0 Å². The number of rotatable bonds is 5. The molecule has 0 unspecified atom stereocenters. The summed E-state index contributed by atoms with van der Waals surface area (Å²) < 4.78 is 55.9. The minimum atomic E-state index is -5.08. The Morgan fingerprint density at radius 1 is 0.972 bits per heavy atom. The number of carboxylic acids is 1. The lowest BCUT2D eigenvalue weighted by Gasteiger charge is -2.18. The van der Waals surface area contributed by atoms with Gasteiger partial charge in [0.25, 0.3) is 0 Å². The Bertz CT molecular complexity index is 1420. The number of nitrogens with two attached hydrogens (primary N) is 1. The summed E-state index contributed by atoms with van der Waals surface area (Å²) in [4.78, 5) is 13.5. The van der Waals surface area contributed by atoms with E-state index in [1.165, 1.54) is 0 Å². The minimum Gasteiger partial charge on any atom is -0.497 e. The van der Waals surface area contributed by atoms with Crippen molar-refractivity contribution in [3.63, 3.8) is 0 Å². The molecule has 0 saturated carbocycles. The van der Waals surface area contributed by atoms with Crippen molar-refractivity contribution in [1.82, 2.24) is 9.55 Å². The number of ether oxygens (including phenoxy) is 4. The van der Waals surface area contributed by atoms with E-state index in [1.54, 1.807) is 28.4 Å². The SMILES string of the molecule is COc1ccc(-c2c3nc(N)n(C)c3cc3cc(OC)c(OC)c(OC)c23)cc1.O=C(O)C(F)(F)F. The van der Waals surface area contributed by atoms with Gasteiger partial charge in [0.1, 0.15) is 5.75 Å². The lowest BCUT2D eigenvalue weighted by Crippen LogP contribution is -2.21. The molecule has 0 atom stereocenters. The first-order chi connectivity index (χ1) is 17.0. The average molecular weight is 507 g/mol. The Hall–Kier alpha value is -4.35. The molecule has 12 heteroatoms. The molecule has 3 aromatic carbocycles. The fourth-order valence-corrected chi connectivity index (χ4v) is 3.73. The zero-order valence-electron chi connectivity index (χ0n) is 20.1. The van der Waals surface area contributed by atoms with Crippen LogP contribution >= 0.6 is 0 Å². The lowest BCUT2D eigenvalue weighted by molar-refractivity contribution is -0.192. The highest BCUT2D eigenvalue weighted by atomic mass is 19.4. The monoisotopic (exact) mass is 507 g/mol. The number of hydrogen-bond donors (Lipinski definition) is 2. The van der Waals surface area contributed by atoms with Gasteiger partial charge < -0.3 is 34.4 Å². The van der Waals surface area contributed by atoms with Crippen molar-refractivity contribution in [2.24, 2.45) is 7.05 Å². The Kier molecular flexibility index (Phi) is 7.37. The molecule has 36 heavy (non-hydrogen) atoms. The van der Waals surface area contributed by atoms with Gasteiger partial charge in [-0.05, 0) is 35.2 Å². The molecular weight excluding hydrogens is 483 g/mol. The van der Waals surface area contributed by atoms with Gasteiger partial charge in [0.2, 0.25) is 11.7 Å². The van der Waals surface area contributed by atoms with E-state index in [0.29, 0.717) is 23.2 Å². The van der Waals surface area contributed by atoms with Gasteiger partial charge in [-0.2, -0.15) is 13.2 Å². The van der Waals surface area contributed by atoms with E-state index >= 15 is 0 Å². The summed E-state index contributed by atoms with van der Waals surface area (Å²) in [6.07, 6.45) is -5.08. The minimum absolute atomic E-state index is 0.433. The number of halogens is 3. The van der Waals surface area contributed by atoms with Gasteiger partial charge >= 0.3 is 12.1 Å². The molecule has 0 amide bonds. The number of aromatic nitrogens is 2. The van der Waals surface area contributed by atoms with Crippen LogP contribution in [-0.4, -0.2) is 55.2 Å². The second kappa shape index (κ2) is 10.1. The first kappa shape index (κ1) is 26.3. The third-order valence-electron chi connectivity index (χ3n) is 5.43.